The van der Waals surface area contributed by atoms with Crippen molar-refractivity contribution in [1.82, 2.24) is 15.2 Å². The minimum absolute atomic E-state index is 0.277. The first kappa shape index (κ1) is 17.9. The molecule has 140 valence electrons. The van der Waals surface area contributed by atoms with Gasteiger partial charge in [-0.25, -0.2) is 4.98 Å². The Kier molecular flexibility index (Phi) is 4.86. The second-order valence-electron chi connectivity index (χ2n) is 6.06. The fraction of sp³-hybridized carbons (Fsp3) is 0.100. The number of rotatable bonds is 6. The molecule has 1 aliphatic heterocycles. The number of nitrogens with one attached hydrogen (secondary N) is 1. The Balaban J connectivity index is 1.31. The molecule has 1 aliphatic rings. The predicted octanol–water partition coefficient (Wildman–Crippen LogP) is 2.85. The monoisotopic (exact) mass is 393 g/mol. The number of carbonyl (C=O) groups is 3. The molecule has 3 amide bonds. The second kappa shape index (κ2) is 7.61. The molecule has 0 bridgehead atoms. The van der Waals surface area contributed by atoms with Gasteiger partial charge in [-0.05, 0) is 29.8 Å². The van der Waals surface area contributed by atoms with Gasteiger partial charge in [0.25, 0.3) is 17.0 Å². The van der Waals surface area contributed by atoms with Crippen molar-refractivity contribution in [2.45, 2.75) is 6.54 Å². The summed E-state index contributed by atoms with van der Waals surface area (Å²) >= 11 is 1.40. The van der Waals surface area contributed by atoms with Crippen LogP contribution >= 0.6 is 11.3 Å². The number of fused-ring (bicyclic) bond motifs is 1. The topological polar surface area (TPSA) is 88.6 Å². The minimum atomic E-state index is -0.445. The van der Waals surface area contributed by atoms with Gasteiger partial charge in [-0.3, -0.25) is 19.3 Å². The number of carbonyl (C=O) groups excluding carboxylic acids is 3. The van der Waals surface area contributed by atoms with E-state index in [0.29, 0.717) is 22.1 Å². The van der Waals surface area contributed by atoms with E-state index in [1.807, 2.05) is 17.5 Å². The highest BCUT2D eigenvalue weighted by atomic mass is 32.1. The molecule has 3 aromatic rings. The maximum atomic E-state index is 12.3. The van der Waals surface area contributed by atoms with Crippen molar-refractivity contribution in [1.29, 1.82) is 0 Å². The summed E-state index contributed by atoms with van der Waals surface area (Å²) < 4.78 is 5.58. The molecule has 7 nitrogen and oxygen atoms in total. The molecule has 0 saturated heterocycles. The van der Waals surface area contributed by atoms with Gasteiger partial charge in [0.15, 0.2) is 0 Å². The van der Waals surface area contributed by atoms with Crippen LogP contribution in [0.4, 0.5) is 0 Å². The molecule has 4 rings (SSSR count). The van der Waals surface area contributed by atoms with Gasteiger partial charge in [0.1, 0.15) is 12.3 Å². The summed E-state index contributed by atoms with van der Waals surface area (Å²) in [7, 11) is 0. The molecule has 0 spiro atoms. The van der Waals surface area contributed by atoms with Crippen LogP contribution in [0.3, 0.4) is 0 Å². The van der Waals surface area contributed by atoms with Crippen LogP contribution in [0.1, 0.15) is 26.3 Å². The number of hydrogen-bond donors (Lipinski definition) is 1. The molecule has 0 aliphatic carbocycles. The van der Waals surface area contributed by atoms with Crippen molar-refractivity contribution in [3.8, 4) is 10.9 Å². The number of benzene rings is 2. The van der Waals surface area contributed by atoms with E-state index in [0.717, 1.165) is 10.5 Å². The van der Waals surface area contributed by atoms with Crippen molar-refractivity contribution in [2.24, 2.45) is 0 Å². The van der Waals surface area contributed by atoms with E-state index in [-0.39, 0.29) is 13.1 Å². The Morgan fingerprint density at radius 3 is 2.32 bits per heavy atom. The van der Waals surface area contributed by atoms with Gasteiger partial charge in [-0.2, -0.15) is 0 Å². The van der Waals surface area contributed by atoms with Crippen LogP contribution in [0.5, 0.6) is 10.9 Å². The number of imide groups is 1. The van der Waals surface area contributed by atoms with Crippen LogP contribution in [-0.4, -0.2) is 34.2 Å². The molecule has 28 heavy (non-hydrogen) atoms. The number of aromatic nitrogens is 1. The Labute approximate surface area is 164 Å². The fourth-order valence-corrected chi connectivity index (χ4v) is 3.32. The molecule has 0 atom stereocenters. The summed E-state index contributed by atoms with van der Waals surface area (Å²) in [4.78, 5) is 41.8. The zero-order chi connectivity index (χ0) is 19.5. The molecule has 2 heterocycles. The summed E-state index contributed by atoms with van der Waals surface area (Å²) in [6.07, 6.45) is 1.66. The van der Waals surface area contributed by atoms with E-state index in [1.165, 1.54) is 11.3 Å². The molecule has 0 saturated carbocycles. The van der Waals surface area contributed by atoms with Crippen LogP contribution < -0.4 is 10.1 Å². The van der Waals surface area contributed by atoms with Crippen molar-refractivity contribution in [3.63, 3.8) is 0 Å². The average Bonchev–Trinajstić information content (AvgIpc) is 3.31. The lowest BCUT2D eigenvalue weighted by Crippen LogP contribution is -2.40. The third kappa shape index (κ3) is 3.63. The molecule has 0 fully saturated rings. The SMILES string of the molecule is O=C(CN1C(=O)c2ccccc2C1=O)NCc1ccc(Oc2nccs2)cc1. The van der Waals surface area contributed by atoms with Crippen molar-refractivity contribution >= 4 is 29.1 Å². The molecule has 0 unspecified atom stereocenters. The van der Waals surface area contributed by atoms with Crippen molar-refractivity contribution < 1.29 is 19.1 Å². The average molecular weight is 393 g/mol. The summed E-state index contributed by atoms with van der Waals surface area (Å²) in [6, 6.07) is 13.8. The van der Waals surface area contributed by atoms with Gasteiger partial charge in [0.2, 0.25) is 5.91 Å². The number of hydrogen-bond acceptors (Lipinski definition) is 6. The summed E-state index contributed by atoms with van der Waals surface area (Å²) in [5.74, 6) is -0.646. The zero-order valence-corrected chi connectivity index (χ0v) is 15.4. The maximum absolute atomic E-state index is 12.3. The highest BCUT2D eigenvalue weighted by Crippen LogP contribution is 2.24. The van der Waals surface area contributed by atoms with E-state index in [9.17, 15) is 14.4 Å². The predicted molar refractivity (Wildman–Crippen MR) is 102 cm³/mol. The first-order valence-electron chi connectivity index (χ1n) is 8.50. The third-order valence-electron chi connectivity index (χ3n) is 4.21. The smallest absolute Gasteiger partial charge is 0.278 e. The van der Waals surface area contributed by atoms with Gasteiger partial charge in [0.05, 0.1) is 11.1 Å². The van der Waals surface area contributed by atoms with Crippen LogP contribution in [0.25, 0.3) is 0 Å². The lowest BCUT2D eigenvalue weighted by atomic mass is 10.1. The van der Waals surface area contributed by atoms with E-state index >= 15 is 0 Å². The number of amides is 3. The zero-order valence-electron chi connectivity index (χ0n) is 14.6. The van der Waals surface area contributed by atoms with E-state index in [4.69, 9.17) is 4.74 Å². The highest BCUT2D eigenvalue weighted by Gasteiger charge is 2.36. The standard InChI is InChI=1S/C20H15N3O4S/c24-17(12-23-18(25)15-3-1-2-4-16(15)19(23)26)22-11-13-5-7-14(8-6-13)27-20-21-9-10-28-20/h1-10H,11-12H2,(H,22,24). The van der Waals surface area contributed by atoms with Crippen LogP contribution in [0, 0.1) is 0 Å². The van der Waals surface area contributed by atoms with E-state index < -0.39 is 17.7 Å². The largest absolute Gasteiger partial charge is 0.431 e. The normalized spacial score (nSPS) is 12.8. The van der Waals surface area contributed by atoms with Crippen LogP contribution in [0.15, 0.2) is 60.1 Å². The summed E-state index contributed by atoms with van der Waals surface area (Å²) in [5.41, 5.74) is 1.52. The molecular weight excluding hydrogens is 378 g/mol. The second-order valence-corrected chi connectivity index (χ2v) is 6.92. The lowest BCUT2D eigenvalue weighted by molar-refractivity contribution is -0.121. The first-order valence-corrected chi connectivity index (χ1v) is 9.38. The number of ether oxygens (including phenoxy) is 1. The lowest BCUT2D eigenvalue weighted by Gasteiger charge is -2.13. The minimum Gasteiger partial charge on any atom is -0.431 e. The fourth-order valence-electron chi connectivity index (χ4n) is 2.82. The molecular formula is C20H15N3O4S. The van der Waals surface area contributed by atoms with Gasteiger partial charge in [0, 0.05) is 18.1 Å². The Hall–Kier alpha value is -3.52. The molecule has 2 aromatic carbocycles. The van der Waals surface area contributed by atoms with Gasteiger partial charge in [-0.15, -0.1) is 0 Å². The van der Waals surface area contributed by atoms with E-state index in [1.54, 1.807) is 42.6 Å². The third-order valence-corrected chi connectivity index (χ3v) is 4.86. The molecule has 1 N–H and O–H groups in total. The molecule has 1 aromatic heterocycles. The summed E-state index contributed by atoms with van der Waals surface area (Å²) in [6.45, 7) is -0.0306. The van der Waals surface area contributed by atoms with Crippen LogP contribution in [-0.2, 0) is 11.3 Å². The van der Waals surface area contributed by atoms with Gasteiger partial charge < -0.3 is 10.1 Å². The van der Waals surface area contributed by atoms with Gasteiger partial charge in [-0.1, -0.05) is 35.6 Å². The molecule has 0 radical (unpaired) electrons. The number of thiazole rings is 1. The maximum Gasteiger partial charge on any atom is 0.278 e. The first-order chi connectivity index (χ1) is 13.6. The highest BCUT2D eigenvalue weighted by molar-refractivity contribution is 7.11. The Bertz CT molecular complexity index is 997. The Morgan fingerprint density at radius 1 is 1.04 bits per heavy atom. The van der Waals surface area contributed by atoms with Crippen molar-refractivity contribution in [2.75, 3.05) is 6.54 Å². The van der Waals surface area contributed by atoms with Gasteiger partial charge >= 0.3 is 0 Å². The van der Waals surface area contributed by atoms with E-state index in [2.05, 4.69) is 10.3 Å². The molecule has 8 heteroatoms. The number of nitrogens with zero attached hydrogens (tertiary/aromatic N) is 2. The summed E-state index contributed by atoms with van der Waals surface area (Å²) in [5, 5.41) is 5.11. The Morgan fingerprint density at radius 2 is 1.71 bits per heavy atom. The quantitative estimate of drug-likeness (QED) is 0.651. The van der Waals surface area contributed by atoms with Crippen LogP contribution in [0.2, 0.25) is 0 Å². The van der Waals surface area contributed by atoms with Crippen molar-refractivity contribution in [3.05, 3.63) is 76.8 Å².